The van der Waals surface area contributed by atoms with E-state index in [0.717, 1.165) is 42.0 Å². The van der Waals surface area contributed by atoms with Crippen LogP contribution in [0.3, 0.4) is 0 Å². The monoisotopic (exact) mass is 436 g/mol. The van der Waals surface area contributed by atoms with Crippen molar-refractivity contribution in [2.24, 2.45) is 0 Å². The molecule has 1 saturated heterocycles. The van der Waals surface area contributed by atoms with Crippen LogP contribution in [0.4, 0.5) is 0 Å². The minimum absolute atomic E-state index is 0.0314. The summed E-state index contributed by atoms with van der Waals surface area (Å²) in [5.41, 5.74) is 1.82. The molecule has 5 heteroatoms. The molecule has 2 aromatic rings. The summed E-state index contributed by atoms with van der Waals surface area (Å²) < 4.78 is 6.54. The third-order valence-corrected chi connectivity index (χ3v) is 4.88. The second-order valence-electron chi connectivity index (χ2n) is 5.86. The lowest BCUT2D eigenvalue weighted by molar-refractivity contribution is 0.0332. The van der Waals surface area contributed by atoms with Gasteiger partial charge in [0.15, 0.2) is 0 Å². The van der Waals surface area contributed by atoms with E-state index in [4.69, 9.17) is 4.74 Å². The van der Waals surface area contributed by atoms with Crippen LogP contribution in [0, 0.1) is 3.57 Å². The van der Waals surface area contributed by atoms with E-state index in [2.05, 4.69) is 44.9 Å². The maximum Gasteiger partial charge on any atom is 0.251 e. The molecule has 1 atom stereocenters. The van der Waals surface area contributed by atoms with Gasteiger partial charge in [-0.05, 0) is 52.4 Å². The van der Waals surface area contributed by atoms with E-state index < -0.39 is 0 Å². The van der Waals surface area contributed by atoms with Gasteiger partial charge < -0.3 is 10.1 Å². The van der Waals surface area contributed by atoms with E-state index in [1.807, 2.05) is 42.5 Å². The van der Waals surface area contributed by atoms with E-state index in [-0.39, 0.29) is 11.9 Å². The Morgan fingerprint density at radius 1 is 1.08 bits per heavy atom. The van der Waals surface area contributed by atoms with Crippen molar-refractivity contribution >= 4 is 28.5 Å². The van der Waals surface area contributed by atoms with E-state index in [1.54, 1.807) is 0 Å². The molecule has 24 heavy (non-hydrogen) atoms. The number of ether oxygens (including phenoxy) is 1. The largest absolute Gasteiger partial charge is 0.379 e. The third-order valence-electron chi connectivity index (χ3n) is 4.16. The Balaban J connectivity index is 1.73. The van der Waals surface area contributed by atoms with Crippen LogP contribution in [0.1, 0.15) is 22.0 Å². The lowest BCUT2D eigenvalue weighted by atomic mass is 10.1. The Bertz CT molecular complexity index is 655. The molecule has 1 fully saturated rings. The van der Waals surface area contributed by atoms with Gasteiger partial charge >= 0.3 is 0 Å². The number of nitrogens with zero attached hydrogens (tertiary/aromatic N) is 1. The average Bonchev–Trinajstić information content (AvgIpc) is 2.63. The number of rotatable bonds is 5. The van der Waals surface area contributed by atoms with Gasteiger partial charge in [-0.1, -0.05) is 30.3 Å². The first-order chi connectivity index (χ1) is 11.7. The predicted octanol–water partition coefficient (Wildman–Crippen LogP) is 3.09. The quantitative estimate of drug-likeness (QED) is 0.733. The highest BCUT2D eigenvalue weighted by Gasteiger charge is 2.20. The molecular weight excluding hydrogens is 415 g/mol. The summed E-state index contributed by atoms with van der Waals surface area (Å²) in [5.74, 6) is -0.0338. The maximum absolute atomic E-state index is 12.6. The van der Waals surface area contributed by atoms with E-state index in [0.29, 0.717) is 5.56 Å². The Labute approximate surface area is 156 Å². The molecule has 0 unspecified atom stereocenters. The molecule has 2 aromatic carbocycles. The number of benzene rings is 2. The number of carbonyl (C=O) groups is 1. The van der Waals surface area contributed by atoms with Gasteiger partial charge in [-0.15, -0.1) is 0 Å². The summed E-state index contributed by atoms with van der Waals surface area (Å²) >= 11 is 2.24. The van der Waals surface area contributed by atoms with Crippen LogP contribution < -0.4 is 5.32 Å². The summed E-state index contributed by atoms with van der Waals surface area (Å²) in [7, 11) is 0. The van der Waals surface area contributed by atoms with Crippen molar-refractivity contribution in [2.45, 2.75) is 6.04 Å². The number of hydrogen-bond donors (Lipinski definition) is 1. The first-order valence-corrected chi connectivity index (χ1v) is 9.22. The van der Waals surface area contributed by atoms with Gasteiger partial charge in [0.2, 0.25) is 0 Å². The van der Waals surface area contributed by atoms with Gasteiger partial charge in [-0.3, -0.25) is 9.69 Å². The molecule has 1 N–H and O–H groups in total. The first kappa shape index (κ1) is 17.4. The second-order valence-corrected chi connectivity index (χ2v) is 7.10. The zero-order valence-electron chi connectivity index (χ0n) is 13.5. The van der Waals surface area contributed by atoms with Gasteiger partial charge in [0.05, 0.1) is 19.3 Å². The van der Waals surface area contributed by atoms with Crippen LogP contribution in [-0.2, 0) is 4.74 Å². The van der Waals surface area contributed by atoms with Crippen molar-refractivity contribution in [1.29, 1.82) is 0 Å². The van der Waals surface area contributed by atoms with Crippen molar-refractivity contribution in [3.63, 3.8) is 0 Å². The van der Waals surface area contributed by atoms with Gasteiger partial charge in [0.25, 0.3) is 5.91 Å². The standard InChI is InChI=1S/C19H21IN2O2/c20-17-8-6-16(7-9-17)19(23)21-18(15-4-2-1-3-5-15)14-22-10-12-24-13-11-22/h1-9,18H,10-14H2,(H,21,23)/t18-/m1/s1. The third kappa shape index (κ3) is 4.78. The first-order valence-electron chi connectivity index (χ1n) is 8.14. The number of halogens is 1. The molecule has 0 spiro atoms. The number of morpholine rings is 1. The highest BCUT2D eigenvalue weighted by molar-refractivity contribution is 14.1. The summed E-state index contributed by atoms with van der Waals surface area (Å²) in [6, 6.07) is 17.8. The van der Waals surface area contributed by atoms with Crippen LogP contribution in [0.5, 0.6) is 0 Å². The Morgan fingerprint density at radius 3 is 2.42 bits per heavy atom. The van der Waals surface area contributed by atoms with Crippen LogP contribution in [-0.4, -0.2) is 43.7 Å². The number of nitrogens with one attached hydrogen (secondary N) is 1. The molecule has 4 nitrogen and oxygen atoms in total. The molecule has 1 aliphatic heterocycles. The lowest BCUT2D eigenvalue weighted by Gasteiger charge is -2.31. The highest BCUT2D eigenvalue weighted by atomic mass is 127. The fourth-order valence-corrected chi connectivity index (χ4v) is 3.16. The van der Waals surface area contributed by atoms with E-state index in [9.17, 15) is 4.79 Å². The number of carbonyl (C=O) groups excluding carboxylic acids is 1. The molecule has 0 saturated carbocycles. The summed E-state index contributed by atoms with van der Waals surface area (Å²) in [4.78, 5) is 15.0. The summed E-state index contributed by atoms with van der Waals surface area (Å²) in [5, 5.41) is 3.19. The molecular formula is C19H21IN2O2. The van der Waals surface area contributed by atoms with E-state index >= 15 is 0 Å². The topological polar surface area (TPSA) is 41.6 Å². The molecule has 0 radical (unpaired) electrons. The Kier molecular flexibility index (Phi) is 6.23. The summed E-state index contributed by atoms with van der Waals surface area (Å²) in [6.07, 6.45) is 0. The molecule has 1 heterocycles. The normalized spacial score (nSPS) is 16.5. The molecule has 0 bridgehead atoms. The predicted molar refractivity (Wildman–Crippen MR) is 103 cm³/mol. The van der Waals surface area contributed by atoms with Crippen LogP contribution in [0.25, 0.3) is 0 Å². The number of amides is 1. The number of hydrogen-bond acceptors (Lipinski definition) is 3. The molecule has 126 valence electrons. The van der Waals surface area contributed by atoms with Crippen molar-refractivity contribution in [1.82, 2.24) is 10.2 Å². The lowest BCUT2D eigenvalue weighted by Crippen LogP contribution is -2.43. The SMILES string of the molecule is O=C(N[C@H](CN1CCOCC1)c1ccccc1)c1ccc(I)cc1. The molecule has 3 rings (SSSR count). The van der Waals surface area contributed by atoms with Crippen molar-refractivity contribution in [2.75, 3.05) is 32.8 Å². The minimum Gasteiger partial charge on any atom is -0.379 e. The highest BCUT2D eigenvalue weighted by Crippen LogP contribution is 2.16. The zero-order valence-corrected chi connectivity index (χ0v) is 15.6. The smallest absolute Gasteiger partial charge is 0.251 e. The van der Waals surface area contributed by atoms with Gasteiger partial charge in [-0.2, -0.15) is 0 Å². The van der Waals surface area contributed by atoms with Gasteiger partial charge in [-0.25, -0.2) is 0 Å². The van der Waals surface area contributed by atoms with Crippen LogP contribution in [0.2, 0.25) is 0 Å². The van der Waals surface area contributed by atoms with Gasteiger partial charge in [0.1, 0.15) is 0 Å². The second kappa shape index (κ2) is 8.60. The minimum atomic E-state index is -0.0338. The van der Waals surface area contributed by atoms with Crippen LogP contribution >= 0.6 is 22.6 Å². The van der Waals surface area contributed by atoms with Gasteiger partial charge in [0, 0.05) is 28.8 Å². The Morgan fingerprint density at radius 2 is 1.75 bits per heavy atom. The fourth-order valence-electron chi connectivity index (χ4n) is 2.80. The van der Waals surface area contributed by atoms with Crippen LogP contribution in [0.15, 0.2) is 54.6 Å². The van der Waals surface area contributed by atoms with Crippen molar-refractivity contribution in [3.8, 4) is 0 Å². The van der Waals surface area contributed by atoms with Crippen molar-refractivity contribution in [3.05, 3.63) is 69.3 Å². The Hall–Kier alpha value is -1.44. The summed E-state index contributed by atoms with van der Waals surface area (Å²) in [6.45, 7) is 4.12. The van der Waals surface area contributed by atoms with Crippen molar-refractivity contribution < 1.29 is 9.53 Å². The molecule has 1 aliphatic rings. The molecule has 0 aromatic heterocycles. The molecule has 1 amide bonds. The van der Waals surface area contributed by atoms with E-state index in [1.165, 1.54) is 0 Å². The molecule has 0 aliphatic carbocycles. The average molecular weight is 436 g/mol. The maximum atomic E-state index is 12.6. The fraction of sp³-hybridized carbons (Fsp3) is 0.316. The zero-order chi connectivity index (χ0) is 16.8.